The Morgan fingerprint density at radius 2 is 2.00 bits per heavy atom. The van der Waals surface area contributed by atoms with E-state index in [0.29, 0.717) is 11.3 Å². The van der Waals surface area contributed by atoms with E-state index >= 15 is 0 Å². The Hall–Kier alpha value is -0.830. The van der Waals surface area contributed by atoms with Crippen LogP contribution in [0.4, 0.5) is 0 Å². The first kappa shape index (κ1) is 15.2. The average molecular weight is 272 g/mol. The van der Waals surface area contributed by atoms with Gasteiger partial charge < -0.3 is 14.2 Å². The topological polar surface area (TPSA) is 55.8 Å². The maximum absolute atomic E-state index is 11.8. The molecule has 102 valence electrons. The molecule has 0 aliphatic heterocycles. The van der Waals surface area contributed by atoms with E-state index in [1.807, 2.05) is 32.0 Å². The minimum Gasteiger partial charge on any atom is -0.490 e. The highest BCUT2D eigenvalue weighted by Crippen LogP contribution is 2.47. The standard InChI is InChI=1S/C13H21O4P/c1-4-11(3)17-13-9-7-6-8-12(13)10-18(14,15)16-5-2/h6-9,11H,4-5,10H2,1-3H3,(H,14,15). The average Bonchev–Trinajstić information content (AvgIpc) is 2.31. The molecule has 4 nitrogen and oxygen atoms in total. The van der Waals surface area contributed by atoms with Crippen molar-refractivity contribution >= 4 is 7.60 Å². The van der Waals surface area contributed by atoms with Crippen LogP contribution in [0.3, 0.4) is 0 Å². The number of rotatable bonds is 7. The zero-order valence-electron chi connectivity index (χ0n) is 11.1. The maximum atomic E-state index is 11.8. The summed E-state index contributed by atoms with van der Waals surface area (Å²) in [4.78, 5) is 9.66. The zero-order valence-corrected chi connectivity index (χ0v) is 12.0. The second-order valence-corrected chi connectivity index (χ2v) is 6.01. The number of hydrogen-bond donors (Lipinski definition) is 1. The second-order valence-electron chi connectivity index (χ2n) is 4.16. The molecule has 0 aliphatic rings. The van der Waals surface area contributed by atoms with Gasteiger partial charge in [0, 0.05) is 5.56 Å². The van der Waals surface area contributed by atoms with E-state index in [9.17, 15) is 9.46 Å². The van der Waals surface area contributed by atoms with Gasteiger partial charge in [0.15, 0.2) is 0 Å². The van der Waals surface area contributed by atoms with Gasteiger partial charge in [-0.05, 0) is 26.3 Å². The van der Waals surface area contributed by atoms with Crippen LogP contribution in [-0.2, 0) is 15.3 Å². The molecule has 0 aliphatic carbocycles. The van der Waals surface area contributed by atoms with Crippen molar-refractivity contribution in [3.63, 3.8) is 0 Å². The van der Waals surface area contributed by atoms with Crippen molar-refractivity contribution in [1.82, 2.24) is 0 Å². The van der Waals surface area contributed by atoms with Crippen LogP contribution in [0.2, 0.25) is 0 Å². The summed E-state index contributed by atoms with van der Waals surface area (Å²) in [6.07, 6.45) is 0.945. The Morgan fingerprint density at radius 3 is 2.61 bits per heavy atom. The summed E-state index contributed by atoms with van der Waals surface area (Å²) in [5, 5.41) is 0. The SMILES string of the molecule is CCOP(=O)(O)Cc1ccccc1OC(C)CC. The molecule has 2 atom stereocenters. The van der Waals surface area contributed by atoms with Gasteiger partial charge in [-0.1, -0.05) is 25.1 Å². The molecular weight excluding hydrogens is 251 g/mol. The highest BCUT2D eigenvalue weighted by atomic mass is 31.2. The van der Waals surface area contributed by atoms with Gasteiger partial charge in [-0.15, -0.1) is 0 Å². The monoisotopic (exact) mass is 272 g/mol. The first-order valence-corrected chi connectivity index (χ1v) is 7.95. The lowest BCUT2D eigenvalue weighted by Gasteiger charge is -2.17. The van der Waals surface area contributed by atoms with Crippen molar-refractivity contribution in [2.45, 2.75) is 39.5 Å². The van der Waals surface area contributed by atoms with Crippen LogP contribution < -0.4 is 4.74 Å². The molecular formula is C13H21O4P. The van der Waals surface area contributed by atoms with Crippen molar-refractivity contribution in [3.8, 4) is 5.75 Å². The van der Waals surface area contributed by atoms with Crippen LogP contribution in [-0.4, -0.2) is 17.6 Å². The molecule has 1 aromatic carbocycles. The van der Waals surface area contributed by atoms with Crippen LogP contribution in [0.5, 0.6) is 5.75 Å². The summed E-state index contributed by atoms with van der Waals surface area (Å²) in [6, 6.07) is 7.28. The van der Waals surface area contributed by atoms with E-state index in [1.54, 1.807) is 13.0 Å². The Balaban J connectivity index is 2.85. The number of ether oxygens (including phenoxy) is 1. The van der Waals surface area contributed by atoms with Gasteiger partial charge in [0.1, 0.15) is 5.75 Å². The summed E-state index contributed by atoms with van der Waals surface area (Å²) in [5.41, 5.74) is 0.706. The largest absolute Gasteiger partial charge is 0.490 e. The number of benzene rings is 1. The summed E-state index contributed by atoms with van der Waals surface area (Å²) in [5.74, 6) is 0.654. The molecule has 0 saturated carbocycles. The van der Waals surface area contributed by atoms with Crippen LogP contribution in [0.15, 0.2) is 24.3 Å². The Kier molecular flexibility index (Phi) is 5.86. The molecule has 0 amide bonds. The quantitative estimate of drug-likeness (QED) is 0.771. The molecule has 0 heterocycles. The van der Waals surface area contributed by atoms with Gasteiger partial charge in [0.2, 0.25) is 0 Å². The molecule has 1 aromatic rings. The molecule has 0 bridgehead atoms. The lowest BCUT2D eigenvalue weighted by Crippen LogP contribution is -2.11. The first-order valence-electron chi connectivity index (χ1n) is 6.19. The van der Waals surface area contributed by atoms with E-state index in [-0.39, 0.29) is 18.9 Å². The fourth-order valence-corrected chi connectivity index (χ4v) is 2.70. The lowest BCUT2D eigenvalue weighted by atomic mass is 10.2. The van der Waals surface area contributed by atoms with Crippen molar-refractivity contribution < 1.29 is 18.7 Å². The lowest BCUT2D eigenvalue weighted by molar-refractivity contribution is 0.215. The molecule has 0 spiro atoms. The summed E-state index contributed by atoms with van der Waals surface area (Å²) in [6.45, 7) is 5.93. The molecule has 1 rings (SSSR count). The highest BCUT2D eigenvalue weighted by Gasteiger charge is 2.21. The Bertz CT molecular complexity index is 419. The first-order chi connectivity index (χ1) is 8.48. The van der Waals surface area contributed by atoms with Gasteiger partial charge in [-0.2, -0.15) is 0 Å². The minimum absolute atomic E-state index is 0.0204. The maximum Gasteiger partial charge on any atom is 0.332 e. The van der Waals surface area contributed by atoms with E-state index in [1.165, 1.54) is 0 Å². The molecule has 5 heteroatoms. The van der Waals surface area contributed by atoms with Crippen molar-refractivity contribution in [3.05, 3.63) is 29.8 Å². The fourth-order valence-electron chi connectivity index (χ4n) is 1.51. The van der Waals surface area contributed by atoms with Gasteiger partial charge >= 0.3 is 7.60 Å². The van der Waals surface area contributed by atoms with E-state index in [0.717, 1.165) is 6.42 Å². The van der Waals surface area contributed by atoms with Crippen molar-refractivity contribution in [2.24, 2.45) is 0 Å². The third kappa shape index (κ3) is 4.81. The van der Waals surface area contributed by atoms with Gasteiger partial charge in [-0.3, -0.25) is 4.57 Å². The number of para-hydroxylation sites is 1. The Morgan fingerprint density at radius 1 is 1.33 bits per heavy atom. The fraction of sp³-hybridized carbons (Fsp3) is 0.538. The summed E-state index contributed by atoms with van der Waals surface area (Å²) < 4.78 is 22.4. The predicted octanol–water partition coefficient (Wildman–Crippen LogP) is 3.59. The minimum atomic E-state index is -3.57. The van der Waals surface area contributed by atoms with Crippen LogP contribution in [0.25, 0.3) is 0 Å². The van der Waals surface area contributed by atoms with Crippen LogP contribution in [0, 0.1) is 0 Å². The van der Waals surface area contributed by atoms with Crippen LogP contribution in [0.1, 0.15) is 32.8 Å². The summed E-state index contributed by atoms with van der Waals surface area (Å²) >= 11 is 0. The van der Waals surface area contributed by atoms with Crippen molar-refractivity contribution in [1.29, 1.82) is 0 Å². The molecule has 0 fully saturated rings. The summed E-state index contributed by atoms with van der Waals surface area (Å²) in [7, 11) is -3.57. The molecule has 18 heavy (non-hydrogen) atoms. The van der Waals surface area contributed by atoms with E-state index in [2.05, 4.69) is 0 Å². The second kappa shape index (κ2) is 6.93. The molecule has 0 saturated heterocycles. The predicted molar refractivity (Wildman–Crippen MR) is 72.0 cm³/mol. The Labute approximate surface area is 108 Å². The third-order valence-corrected chi connectivity index (χ3v) is 3.98. The smallest absolute Gasteiger partial charge is 0.332 e. The normalized spacial score (nSPS) is 16.0. The molecule has 2 unspecified atom stereocenters. The van der Waals surface area contributed by atoms with E-state index in [4.69, 9.17) is 9.26 Å². The van der Waals surface area contributed by atoms with Gasteiger partial charge in [0.25, 0.3) is 0 Å². The van der Waals surface area contributed by atoms with E-state index < -0.39 is 7.60 Å². The van der Waals surface area contributed by atoms with Gasteiger partial charge in [0.05, 0.1) is 18.9 Å². The molecule has 1 N–H and O–H groups in total. The molecule has 0 radical (unpaired) electrons. The van der Waals surface area contributed by atoms with Crippen molar-refractivity contribution in [2.75, 3.05) is 6.61 Å². The van der Waals surface area contributed by atoms with Crippen LogP contribution >= 0.6 is 7.60 Å². The van der Waals surface area contributed by atoms with Gasteiger partial charge in [-0.25, -0.2) is 0 Å². The number of hydrogen-bond acceptors (Lipinski definition) is 3. The third-order valence-electron chi connectivity index (χ3n) is 2.58. The highest BCUT2D eigenvalue weighted by molar-refractivity contribution is 7.51. The zero-order chi connectivity index (χ0) is 13.6. The molecule has 0 aromatic heterocycles.